The maximum absolute atomic E-state index is 11.4. The molecule has 94 valence electrons. The highest BCUT2D eigenvalue weighted by atomic mass is 16.3. The molecule has 0 rings (SSSR count). The number of amides is 1. The van der Waals surface area contributed by atoms with Gasteiger partial charge < -0.3 is 10.4 Å². The van der Waals surface area contributed by atoms with E-state index in [0.29, 0.717) is 25.7 Å². The van der Waals surface area contributed by atoms with E-state index < -0.39 is 5.54 Å². The molecule has 0 spiro atoms. The quantitative estimate of drug-likeness (QED) is 0.661. The molecule has 0 unspecified atom stereocenters. The highest BCUT2D eigenvalue weighted by Gasteiger charge is 2.18. The van der Waals surface area contributed by atoms with Gasteiger partial charge in [-0.25, -0.2) is 0 Å². The Bertz CT molecular complexity index is 236. The van der Waals surface area contributed by atoms with Gasteiger partial charge in [-0.1, -0.05) is 6.92 Å². The molecule has 0 saturated heterocycles. The Balaban J connectivity index is 3.70. The van der Waals surface area contributed by atoms with E-state index in [9.17, 15) is 9.59 Å². The molecule has 0 aliphatic carbocycles. The second kappa shape index (κ2) is 7.39. The van der Waals surface area contributed by atoms with Crippen molar-refractivity contribution in [1.82, 2.24) is 5.32 Å². The molecule has 4 nitrogen and oxygen atoms in total. The Morgan fingerprint density at radius 2 is 1.81 bits per heavy atom. The summed E-state index contributed by atoms with van der Waals surface area (Å²) in [5.41, 5.74) is -0.579. The molecule has 0 fully saturated rings. The van der Waals surface area contributed by atoms with Gasteiger partial charge in [0.05, 0.1) is 12.1 Å². The molecule has 0 aromatic heterocycles. The van der Waals surface area contributed by atoms with E-state index in [1.165, 1.54) is 0 Å². The minimum Gasteiger partial charge on any atom is -0.394 e. The Morgan fingerprint density at radius 1 is 1.19 bits per heavy atom. The molecule has 0 aliphatic rings. The predicted octanol–water partition coefficient (Wildman–Crippen LogP) is 1.41. The summed E-state index contributed by atoms with van der Waals surface area (Å²) in [6.45, 7) is 5.39. The first-order valence-corrected chi connectivity index (χ1v) is 5.85. The van der Waals surface area contributed by atoms with Crippen LogP contribution in [-0.4, -0.2) is 28.9 Å². The van der Waals surface area contributed by atoms with Crippen LogP contribution >= 0.6 is 0 Å². The second-order valence-electron chi connectivity index (χ2n) is 4.73. The van der Waals surface area contributed by atoms with Crippen molar-refractivity contribution >= 4 is 11.7 Å². The largest absolute Gasteiger partial charge is 0.394 e. The number of carbonyl (C=O) groups is 2. The van der Waals surface area contributed by atoms with E-state index in [1.54, 1.807) is 13.8 Å². The smallest absolute Gasteiger partial charge is 0.220 e. The molecule has 0 aromatic carbocycles. The van der Waals surface area contributed by atoms with Crippen molar-refractivity contribution < 1.29 is 14.7 Å². The minimum absolute atomic E-state index is 0.0898. The maximum atomic E-state index is 11.4. The summed E-state index contributed by atoms with van der Waals surface area (Å²) < 4.78 is 0. The Morgan fingerprint density at radius 3 is 2.31 bits per heavy atom. The normalized spacial score (nSPS) is 11.2. The first-order valence-electron chi connectivity index (χ1n) is 5.85. The summed E-state index contributed by atoms with van der Waals surface area (Å²) >= 11 is 0. The van der Waals surface area contributed by atoms with E-state index in [2.05, 4.69) is 5.32 Å². The van der Waals surface area contributed by atoms with Gasteiger partial charge in [0.25, 0.3) is 0 Å². The highest BCUT2D eigenvalue weighted by Crippen LogP contribution is 2.04. The van der Waals surface area contributed by atoms with Crippen molar-refractivity contribution in [3.63, 3.8) is 0 Å². The summed E-state index contributed by atoms with van der Waals surface area (Å²) in [7, 11) is 0. The summed E-state index contributed by atoms with van der Waals surface area (Å²) in [4.78, 5) is 22.6. The molecule has 0 saturated carbocycles. The zero-order chi connectivity index (χ0) is 12.6. The molecular weight excluding hydrogens is 206 g/mol. The van der Waals surface area contributed by atoms with Crippen molar-refractivity contribution in [2.24, 2.45) is 0 Å². The maximum Gasteiger partial charge on any atom is 0.220 e. The van der Waals surface area contributed by atoms with Crippen LogP contribution in [0.4, 0.5) is 0 Å². The van der Waals surface area contributed by atoms with Crippen molar-refractivity contribution in [3.8, 4) is 0 Å². The lowest BCUT2D eigenvalue weighted by Crippen LogP contribution is -2.46. The lowest BCUT2D eigenvalue weighted by atomic mass is 10.1. The number of hydrogen-bond donors (Lipinski definition) is 2. The first kappa shape index (κ1) is 15.1. The minimum atomic E-state index is -0.579. The van der Waals surface area contributed by atoms with Gasteiger partial charge in [-0.15, -0.1) is 0 Å². The van der Waals surface area contributed by atoms with Crippen LogP contribution in [0.5, 0.6) is 0 Å². The number of rotatable bonds is 8. The number of carbonyl (C=O) groups excluding carboxylic acids is 2. The number of aliphatic hydroxyl groups excluding tert-OH is 1. The van der Waals surface area contributed by atoms with Crippen LogP contribution in [0, 0.1) is 0 Å². The van der Waals surface area contributed by atoms with Gasteiger partial charge in [-0.05, 0) is 26.7 Å². The zero-order valence-corrected chi connectivity index (χ0v) is 10.5. The van der Waals surface area contributed by atoms with Crippen LogP contribution in [0.15, 0.2) is 0 Å². The molecule has 0 bridgehead atoms. The highest BCUT2D eigenvalue weighted by molar-refractivity contribution is 5.80. The molecule has 4 heteroatoms. The Hall–Kier alpha value is -0.900. The van der Waals surface area contributed by atoms with Crippen LogP contribution in [0.3, 0.4) is 0 Å². The Kier molecular flexibility index (Phi) is 6.97. The van der Waals surface area contributed by atoms with Crippen molar-refractivity contribution in [1.29, 1.82) is 0 Å². The second-order valence-corrected chi connectivity index (χ2v) is 4.73. The molecule has 2 N–H and O–H groups in total. The fraction of sp³-hybridized carbons (Fsp3) is 0.833. The van der Waals surface area contributed by atoms with Gasteiger partial charge in [0.2, 0.25) is 5.91 Å². The molecule has 16 heavy (non-hydrogen) atoms. The molecule has 0 heterocycles. The summed E-state index contributed by atoms with van der Waals surface area (Å²) in [5, 5.41) is 11.7. The first-order chi connectivity index (χ1) is 7.41. The summed E-state index contributed by atoms with van der Waals surface area (Å²) in [5.74, 6) is 0.111. The van der Waals surface area contributed by atoms with Crippen molar-refractivity contribution in [2.45, 2.75) is 58.4 Å². The third-order valence-electron chi connectivity index (χ3n) is 2.26. The van der Waals surface area contributed by atoms with Crippen LogP contribution < -0.4 is 5.32 Å². The van der Waals surface area contributed by atoms with Crippen molar-refractivity contribution in [2.75, 3.05) is 6.61 Å². The molecule has 1 amide bonds. The van der Waals surface area contributed by atoms with Gasteiger partial charge in [-0.2, -0.15) is 0 Å². The fourth-order valence-electron chi connectivity index (χ4n) is 1.33. The van der Waals surface area contributed by atoms with Gasteiger partial charge in [0, 0.05) is 19.3 Å². The average molecular weight is 229 g/mol. The molecule has 0 aliphatic heterocycles. The van der Waals surface area contributed by atoms with E-state index in [-0.39, 0.29) is 18.3 Å². The fourth-order valence-corrected chi connectivity index (χ4v) is 1.33. The SMILES string of the molecule is CCCC(=O)CCCC(=O)NC(C)(C)CO. The average Bonchev–Trinajstić information content (AvgIpc) is 2.17. The van der Waals surface area contributed by atoms with Crippen molar-refractivity contribution in [3.05, 3.63) is 0 Å². The van der Waals surface area contributed by atoms with Gasteiger partial charge in [-0.3, -0.25) is 9.59 Å². The van der Waals surface area contributed by atoms with Crippen LogP contribution in [0.25, 0.3) is 0 Å². The van der Waals surface area contributed by atoms with E-state index >= 15 is 0 Å². The van der Waals surface area contributed by atoms with Crippen LogP contribution in [0.2, 0.25) is 0 Å². The Labute approximate surface area is 97.4 Å². The van der Waals surface area contributed by atoms with Crippen LogP contribution in [0.1, 0.15) is 52.9 Å². The summed E-state index contributed by atoms with van der Waals surface area (Å²) in [6, 6.07) is 0. The number of aliphatic hydroxyl groups is 1. The lowest BCUT2D eigenvalue weighted by Gasteiger charge is -2.23. The monoisotopic (exact) mass is 229 g/mol. The topological polar surface area (TPSA) is 66.4 Å². The van der Waals surface area contributed by atoms with E-state index in [4.69, 9.17) is 5.11 Å². The molecule has 0 radical (unpaired) electrons. The lowest BCUT2D eigenvalue weighted by molar-refractivity contribution is -0.123. The molecule has 0 aromatic rings. The number of nitrogens with one attached hydrogen (secondary N) is 1. The third-order valence-corrected chi connectivity index (χ3v) is 2.26. The summed E-state index contributed by atoms with van der Waals surface area (Å²) in [6.07, 6.45) is 2.87. The van der Waals surface area contributed by atoms with E-state index in [0.717, 1.165) is 6.42 Å². The zero-order valence-electron chi connectivity index (χ0n) is 10.5. The number of hydrogen-bond acceptors (Lipinski definition) is 3. The van der Waals surface area contributed by atoms with Gasteiger partial charge in [0.15, 0.2) is 0 Å². The van der Waals surface area contributed by atoms with Gasteiger partial charge >= 0.3 is 0 Å². The van der Waals surface area contributed by atoms with Gasteiger partial charge in [0.1, 0.15) is 5.78 Å². The number of Topliss-reactive ketones (excluding diaryl/α,β-unsaturated/α-hetero) is 1. The standard InChI is InChI=1S/C12H23NO3/c1-4-6-10(15)7-5-8-11(16)13-12(2,3)9-14/h14H,4-9H2,1-3H3,(H,13,16). The van der Waals surface area contributed by atoms with Crippen LogP contribution in [-0.2, 0) is 9.59 Å². The van der Waals surface area contributed by atoms with E-state index in [1.807, 2.05) is 6.92 Å². The number of ketones is 1. The molecule has 0 atom stereocenters. The predicted molar refractivity (Wildman–Crippen MR) is 63.1 cm³/mol. The molecular formula is C12H23NO3. The third kappa shape index (κ3) is 7.40.